The van der Waals surface area contributed by atoms with E-state index in [1.165, 1.54) is 0 Å². The molecule has 0 radical (unpaired) electrons. The zero-order chi connectivity index (χ0) is 9.64. The molecule has 74 valence electrons. The van der Waals surface area contributed by atoms with Gasteiger partial charge < -0.3 is 5.32 Å². The molecule has 0 bridgehead atoms. The van der Waals surface area contributed by atoms with E-state index in [2.05, 4.69) is 36.7 Å². The van der Waals surface area contributed by atoms with Crippen LogP contribution in [0.5, 0.6) is 0 Å². The van der Waals surface area contributed by atoms with Crippen LogP contribution in [-0.2, 0) is 4.79 Å². The molecule has 0 unspecified atom stereocenters. The minimum atomic E-state index is -0.126. The third-order valence-corrected chi connectivity index (χ3v) is 3.67. The summed E-state index contributed by atoms with van der Waals surface area (Å²) in [5.74, 6) is 0.181. The first-order chi connectivity index (χ1) is 6.07. The molecule has 0 aliphatic carbocycles. The summed E-state index contributed by atoms with van der Waals surface area (Å²) in [5.41, 5.74) is -0.126. The Kier molecular flexibility index (Phi) is 2.07. The second kappa shape index (κ2) is 2.89. The number of carbonyl (C=O) groups is 1. The zero-order valence-corrected chi connectivity index (χ0v) is 8.97. The summed E-state index contributed by atoms with van der Waals surface area (Å²) in [6.07, 6.45) is 1.85. The van der Waals surface area contributed by atoms with Gasteiger partial charge in [0.2, 0.25) is 5.91 Å². The SMILES string of the molecule is CC[C@@]1(C)NC(=O)[C@@H]2C[C@H](S)CN21. The topological polar surface area (TPSA) is 32.3 Å². The van der Waals surface area contributed by atoms with Gasteiger partial charge in [-0.1, -0.05) is 6.92 Å². The van der Waals surface area contributed by atoms with E-state index in [9.17, 15) is 4.79 Å². The van der Waals surface area contributed by atoms with E-state index in [1.807, 2.05) is 0 Å². The van der Waals surface area contributed by atoms with Crippen molar-refractivity contribution in [1.82, 2.24) is 10.2 Å². The average Bonchev–Trinajstić information content (AvgIpc) is 2.55. The minimum absolute atomic E-state index is 0.0763. The summed E-state index contributed by atoms with van der Waals surface area (Å²) in [6.45, 7) is 5.13. The summed E-state index contributed by atoms with van der Waals surface area (Å²) >= 11 is 4.43. The van der Waals surface area contributed by atoms with Crippen molar-refractivity contribution in [3.8, 4) is 0 Å². The Morgan fingerprint density at radius 2 is 2.46 bits per heavy atom. The summed E-state index contributed by atoms with van der Waals surface area (Å²) in [6, 6.07) is 0.0763. The monoisotopic (exact) mass is 200 g/mol. The Bertz CT molecular complexity index is 246. The summed E-state index contributed by atoms with van der Waals surface area (Å²) < 4.78 is 0. The molecule has 0 spiro atoms. The molecule has 0 aromatic heterocycles. The van der Waals surface area contributed by atoms with Crippen LogP contribution in [0.3, 0.4) is 0 Å². The van der Waals surface area contributed by atoms with E-state index in [0.29, 0.717) is 5.25 Å². The molecule has 2 aliphatic heterocycles. The third-order valence-electron chi connectivity index (χ3n) is 3.30. The standard InChI is InChI=1S/C9H16N2OS/c1-3-9(2)10-8(12)7-4-6(13)5-11(7)9/h6-7,13H,3-5H2,1-2H3,(H,10,12)/t6-,7-,9-/m0/s1. The molecular weight excluding hydrogens is 184 g/mol. The average molecular weight is 200 g/mol. The van der Waals surface area contributed by atoms with Gasteiger partial charge in [-0.3, -0.25) is 9.69 Å². The predicted octanol–water partition coefficient (Wildman–Crippen LogP) is 0.615. The van der Waals surface area contributed by atoms with E-state index in [0.717, 1.165) is 19.4 Å². The Morgan fingerprint density at radius 3 is 3.08 bits per heavy atom. The van der Waals surface area contributed by atoms with Gasteiger partial charge in [0.15, 0.2) is 0 Å². The van der Waals surface area contributed by atoms with Gasteiger partial charge in [0, 0.05) is 11.8 Å². The number of thiol groups is 1. The van der Waals surface area contributed by atoms with Crippen molar-refractivity contribution in [2.45, 2.75) is 43.6 Å². The van der Waals surface area contributed by atoms with Crippen LogP contribution in [0.1, 0.15) is 26.7 Å². The van der Waals surface area contributed by atoms with Crippen molar-refractivity contribution in [3.05, 3.63) is 0 Å². The van der Waals surface area contributed by atoms with Crippen LogP contribution in [0.25, 0.3) is 0 Å². The van der Waals surface area contributed by atoms with Crippen LogP contribution in [0.15, 0.2) is 0 Å². The lowest BCUT2D eigenvalue weighted by Gasteiger charge is -2.32. The second-order valence-electron chi connectivity index (χ2n) is 4.17. The Morgan fingerprint density at radius 1 is 1.77 bits per heavy atom. The van der Waals surface area contributed by atoms with Crippen LogP contribution < -0.4 is 5.32 Å². The van der Waals surface area contributed by atoms with Gasteiger partial charge in [-0.25, -0.2) is 0 Å². The molecule has 0 aromatic rings. The van der Waals surface area contributed by atoms with Crippen molar-refractivity contribution in [3.63, 3.8) is 0 Å². The molecule has 2 heterocycles. The van der Waals surface area contributed by atoms with Gasteiger partial charge >= 0.3 is 0 Å². The summed E-state index contributed by atoms with van der Waals surface area (Å²) in [4.78, 5) is 13.8. The van der Waals surface area contributed by atoms with Gasteiger partial charge in [-0.2, -0.15) is 12.6 Å². The first kappa shape index (κ1) is 9.34. The number of carbonyl (C=O) groups excluding carboxylic acids is 1. The quantitative estimate of drug-likeness (QED) is 0.608. The van der Waals surface area contributed by atoms with Crippen molar-refractivity contribution in [2.75, 3.05) is 6.54 Å². The molecular formula is C9H16N2OS. The van der Waals surface area contributed by atoms with Gasteiger partial charge in [0.05, 0.1) is 11.7 Å². The van der Waals surface area contributed by atoms with E-state index in [4.69, 9.17) is 0 Å². The van der Waals surface area contributed by atoms with Crippen molar-refractivity contribution in [2.24, 2.45) is 0 Å². The smallest absolute Gasteiger partial charge is 0.238 e. The maximum Gasteiger partial charge on any atom is 0.238 e. The lowest BCUT2D eigenvalue weighted by molar-refractivity contribution is -0.121. The zero-order valence-electron chi connectivity index (χ0n) is 8.08. The van der Waals surface area contributed by atoms with Crippen LogP contribution >= 0.6 is 12.6 Å². The van der Waals surface area contributed by atoms with E-state index < -0.39 is 0 Å². The third kappa shape index (κ3) is 1.27. The molecule has 1 amide bonds. The van der Waals surface area contributed by atoms with Gasteiger partial charge in [0.25, 0.3) is 0 Å². The molecule has 2 aliphatic rings. The van der Waals surface area contributed by atoms with Crippen molar-refractivity contribution < 1.29 is 4.79 Å². The fourth-order valence-corrected chi connectivity index (χ4v) is 2.70. The fourth-order valence-electron chi connectivity index (χ4n) is 2.32. The lowest BCUT2D eigenvalue weighted by Crippen LogP contribution is -2.49. The van der Waals surface area contributed by atoms with Crippen LogP contribution in [0.4, 0.5) is 0 Å². The van der Waals surface area contributed by atoms with Crippen LogP contribution in [-0.4, -0.2) is 34.3 Å². The molecule has 0 saturated carbocycles. The lowest BCUT2D eigenvalue weighted by atomic mass is 10.1. The molecule has 4 heteroatoms. The molecule has 2 saturated heterocycles. The number of nitrogens with one attached hydrogen (secondary N) is 1. The molecule has 3 nitrogen and oxygen atoms in total. The minimum Gasteiger partial charge on any atom is -0.337 e. The Labute approximate surface area is 84.3 Å². The number of hydrogen-bond donors (Lipinski definition) is 2. The largest absolute Gasteiger partial charge is 0.337 e. The molecule has 2 fully saturated rings. The number of hydrogen-bond acceptors (Lipinski definition) is 3. The maximum atomic E-state index is 11.6. The molecule has 3 atom stereocenters. The number of fused-ring (bicyclic) bond motifs is 1. The summed E-state index contributed by atoms with van der Waals surface area (Å²) in [7, 11) is 0. The maximum absolute atomic E-state index is 11.6. The fraction of sp³-hybridized carbons (Fsp3) is 0.889. The number of rotatable bonds is 1. The van der Waals surface area contributed by atoms with Crippen LogP contribution in [0.2, 0.25) is 0 Å². The first-order valence-electron chi connectivity index (χ1n) is 4.83. The second-order valence-corrected chi connectivity index (χ2v) is 4.90. The molecule has 1 N–H and O–H groups in total. The Balaban J connectivity index is 2.24. The predicted molar refractivity (Wildman–Crippen MR) is 54.7 cm³/mol. The summed E-state index contributed by atoms with van der Waals surface area (Å²) in [5, 5.41) is 3.42. The number of amides is 1. The van der Waals surface area contributed by atoms with E-state index in [-0.39, 0.29) is 17.6 Å². The number of nitrogens with zero attached hydrogens (tertiary/aromatic N) is 1. The van der Waals surface area contributed by atoms with E-state index >= 15 is 0 Å². The molecule has 13 heavy (non-hydrogen) atoms. The normalized spacial score (nSPS) is 45.0. The van der Waals surface area contributed by atoms with Gasteiger partial charge in [-0.15, -0.1) is 0 Å². The first-order valence-corrected chi connectivity index (χ1v) is 5.35. The van der Waals surface area contributed by atoms with Crippen molar-refractivity contribution in [1.29, 1.82) is 0 Å². The van der Waals surface area contributed by atoms with Gasteiger partial charge in [-0.05, 0) is 19.8 Å². The van der Waals surface area contributed by atoms with Crippen molar-refractivity contribution >= 4 is 18.5 Å². The molecule has 2 rings (SSSR count). The highest BCUT2D eigenvalue weighted by Crippen LogP contribution is 2.34. The Hall–Kier alpha value is -0.220. The molecule has 0 aromatic carbocycles. The highest BCUT2D eigenvalue weighted by Gasteiger charge is 2.50. The highest BCUT2D eigenvalue weighted by molar-refractivity contribution is 7.81. The van der Waals surface area contributed by atoms with Gasteiger partial charge in [0.1, 0.15) is 0 Å². The van der Waals surface area contributed by atoms with E-state index in [1.54, 1.807) is 0 Å². The highest BCUT2D eigenvalue weighted by atomic mass is 32.1. The van der Waals surface area contributed by atoms with Crippen LogP contribution in [0, 0.1) is 0 Å².